The monoisotopic (exact) mass is 363 g/mol. The van der Waals surface area contributed by atoms with Crippen LogP contribution in [0.3, 0.4) is 0 Å². The van der Waals surface area contributed by atoms with Crippen LogP contribution in [-0.4, -0.2) is 56.5 Å². The largest absolute Gasteiger partial charge is 0.367 e. The van der Waals surface area contributed by atoms with E-state index in [-0.39, 0.29) is 11.6 Å². The third-order valence-corrected chi connectivity index (χ3v) is 4.86. The number of anilines is 2. The highest BCUT2D eigenvalue weighted by atomic mass is 32.2. The summed E-state index contributed by atoms with van der Waals surface area (Å²) in [7, 11) is 0.553. The first-order valence-corrected chi connectivity index (χ1v) is 9.86. The maximum atomic E-state index is 12.1. The molecule has 1 heterocycles. The number of hydrogen-bond donors (Lipinski definition) is 2. The Hall–Kier alpha value is -2.19. The predicted octanol–water partition coefficient (Wildman–Crippen LogP) is 1.82. The van der Waals surface area contributed by atoms with Gasteiger partial charge in [-0.25, -0.2) is 8.42 Å². The van der Waals surface area contributed by atoms with Gasteiger partial charge in [-0.2, -0.15) is 0 Å². The van der Waals surface area contributed by atoms with E-state index >= 15 is 0 Å². The van der Waals surface area contributed by atoms with E-state index in [1.54, 1.807) is 12.1 Å². The Balaban J connectivity index is 1.79. The summed E-state index contributed by atoms with van der Waals surface area (Å²) in [6.45, 7) is 1.61. The minimum atomic E-state index is -3.43. The summed E-state index contributed by atoms with van der Waals surface area (Å²) < 4.78 is 26.7. The summed E-state index contributed by atoms with van der Waals surface area (Å²) in [6, 6.07) is 13.2. The van der Waals surface area contributed by atoms with Crippen molar-refractivity contribution in [2.24, 2.45) is 0 Å². The second kappa shape index (κ2) is 9.33. The van der Waals surface area contributed by atoms with Gasteiger partial charge in [0.25, 0.3) is 0 Å². The van der Waals surface area contributed by atoms with Gasteiger partial charge in [-0.1, -0.05) is 30.3 Å². The van der Waals surface area contributed by atoms with E-state index in [1.807, 2.05) is 44.4 Å². The van der Waals surface area contributed by atoms with Crippen LogP contribution >= 0.6 is 0 Å². The van der Waals surface area contributed by atoms with Crippen LogP contribution in [0.2, 0.25) is 0 Å². The highest BCUT2D eigenvalue weighted by Crippen LogP contribution is 2.10. The van der Waals surface area contributed by atoms with Crippen LogP contribution in [0.5, 0.6) is 0 Å². The van der Waals surface area contributed by atoms with Crippen LogP contribution in [0, 0.1) is 0 Å². The molecule has 7 nitrogen and oxygen atoms in total. The summed E-state index contributed by atoms with van der Waals surface area (Å²) in [5, 5.41) is 11.0. The molecule has 0 amide bonds. The second-order valence-corrected chi connectivity index (χ2v) is 7.89. The molecule has 0 saturated heterocycles. The van der Waals surface area contributed by atoms with Gasteiger partial charge < -0.3 is 10.2 Å². The van der Waals surface area contributed by atoms with Crippen LogP contribution in [-0.2, 0) is 16.4 Å². The van der Waals surface area contributed by atoms with Crippen LogP contribution in [0.25, 0.3) is 0 Å². The standard InChI is InChI=1S/C17H25N5O2S/c1-22(2)13-12-18-16-10-11-17(20-19-16)21-25(23,24)14-6-9-15-7-4-3-5-8-15/h3-5,7-8,10-11H,6,9,12-14H2,1-2H3,(H,18,19)(H,20,21). The highest BCUT2D eigenvalue weighted by Gasteiger charge is 2.11. The van der Waals surface area contributed by atoms with E-state index in [2.05, 4.69) is 25.1 Å². The molecule has 8 heteroatoms. The number of nitrogens with zero attached hydrogens (tertiary/aromatic N) is 3. The van der Waals surface area contributed by atoms with E-state index in [0.717, 1.165) is 25.1 Å². The molecule has 1 aromatic heterocycles. The van der Waals surface area contributed by atoms with Gasteiger partial charge in [0.05, 0.1) is 5.75 Å². The maximum absolute atomic E-state index is 12.1. The fraction of sp³-hybridized carbons (Fsp3) is 0.412. The first-order valence-electron chi connectivity index (χ1n) is 8.21. The lowest BCUT2D eigenvalue weighted by Gasteiger charge is -2.11. The molecular weight excluding hydrogens is 338 g/mol. The number of aryl methyl sites for hydroxylation is 1. The van der Waals surface area contributed by atoms with Gasteiger partial charge in [-0.05, 0) is 44.6 Å². The molecule has 0 aliphatic carbocycles. The van der Waals surface area contributed by atoms with E-state index < -0.39 is 10.0 Å². The minimum absolute atomic E-state index is 0.0480. The average molecular weight is 363 g/mol. The van der Waals surface area contributed by atoms with Crippen molar-refractivity contribution >= 4 is 21.7 Å². The molecule has 2 N–H and O–H groups in total. The summed E-state index contributed by atoms with van der Waals surface area (Å²) in [4.78, 5) is 2.05. The van der Waals surface area contributed by atoms with E-state index in [9.17, 15) is 8.42 Å². The van der Waals surface area contributed by atoms with Crippen molar-refractivity contribution in [1.29, 1.82) is 0 Å². The van der Waals surface area contributed by atoms with Gasteiger partial charge in [0.1, 0.15) is 5.82 Å². The predicted molar refractivity (Wildman–Crippen MR) is 101 cm³/mol. The van der Waals surface area contributed by atoms with Crippen molar-refractivity contribution in [2.45, 2.75) is 12.8 Å². The van der Waals surface area contributed by atoms with Gasteiger partial charge in [-0.15, -0.1) is 10.2 Å². The fourth-order valence-electron chi connectivity index (χ4n) is 2.21. The molecular formula is C17H25N5O2S. The number of aromatic nitrogens is 2. The van der Waals surface area contributed by atoms with Crippen molar-refractivity contribution in [3.8, 4) is 0 Å². The topological polar surface area (TPSA) is 87.2 Å². The number of nitrogens with one attached hydrogen (secondary N) is 2. The number of likely N-dealkylation sites (N-methyl/N-ethyl adjacent to an activating group) is 1. The molecule has 0 atom stereocenters. The molecule has 0 saturated carbocycles. The molecule has 0 aliphatic heterocycles. The Labute approximate surface area is 149 Å². The van der Waals surface area contributed by atoms with Crippen LogP contribution in [0.4, 0.5) is 11.6 Å². The Morgan fingerprint density at radius 3 is 2.32 bits per heavy atom. The lowest BCUT2D eigenvalue weighted by molar-refractivity contribution is 0.425. The van der Waals surface area contributed by atoms with Gasteiger partial charge in [-0.3, -0.25) is 4.72 Å². The minimum Gasteiger partial charge on any atom is -0.367 e. The molecule has 0 radical (unpaired) electrons. The first kappa shape index (κ1) is 19.1. The summed E-state index contributed by atoms with van der Waals surface area (Å²) in [5.74, 6) is 0.901. The van der Waals surface area contributed by atoms with Crippen molar-refractivity contribution in [3.05, 3.63) is 48.0 Å². The normalized spacial score (nSPS) is 11.5. The third kappa shape index (κ3) is 7.49. The van der Waals surface area contributed by atoms with Crippen LogP contribution < -0.4 is 10.0 Å². The molecule has 25 heavy (non-hydrogen) atoms. The van der Waals surface area contributed by atoms with Crippen molar-refractivity contribution in [1.82, 2.24) is 15.1 Å². The van der Waals surface area contributed by atoms with Crippen LogP contribution in [0.15, 0.2) is 42.5 Å². The Morgan fingerprint density at radius 1 is 1.00 bits per heavy atom. The molecule has 0 aliphatic rings. The summed E-state index contributed by atoms with van der Waals surface area (Å²) >= 11 is 0. The zero-order valence-corrected chi connectivity index (χ0v) is 15.5. The Morgan fingerprint density at radius 2 is 1.68 bits per heavy atom. The Bertz CT molecular complexity index is 733. The number of hydrogen-bond acceptors (Lipinski definition) is 6. The Kier molecular flexibility index (Phi) is 7.15. The summed E-state index contributed by atoms with van der Waals surface area (Å²) in [5.41, 5.74) is 1.13. The third-order valence-electron chi connectivity index (χ3n) is 3.51. The lowest BCUT2D eigenvalue weighted by Crippen LogP contribution is -2.21. The highest BCUT2D eigenvalue weighted by molar-refractivity contribution is 7.92. The van der Waals surface area contributed by atoms with Crippen molar-refractivity contribution < 1.29 is 8.42 Å². The first-order chi connectivity index (χ1) is 11.9. The van der Waals surface area contributed by atoms with Crippen LogP contribution in [0.1, 0.15) is 12.0 Å². The van der Waals surface area contributed by atoms with Gasteiger partial charge >= 0.3 is 0 Å². The zero-order chi connectivity index (χ0) is 18.1. The van der Waals surface area contributed by atoms with Crippen molar-refractivity contribution in [3.63, 3.8) is 0 Å². The van der Waals surface area contributed by atoms with Crippen molar-refractivity contribution in [2.75, 3.05) is 43.0 Å². The quantitative estimate of drug-likeness (QED) is 0.670. The molecule has 136 valence electrons. The van der Waals surface area contributed by atoms with E-state index in [4.69, 9.17) is 0 Å². The SMILES string of the molecule is CN(C)CCNc1ccc(NS(=O)(=O)CCCc2ccccc2)nn1. The molecule has 0 bridgehead atoms. The number of rotatable bonds is 10. The second-order valence-electron chi connectivity index (χ2n) is 6.04. The average Bonchev–Trinajstić information content (AvgIpc) is 2.57. The molecule has 0 spiro atoms. The van der Waals surface area contributed by atoms with Gasteiger partial charge in [0.15, 0.2) is 5.82 Å². The van der Waals surface area contributed by atoms with Gasteiger partial charge in [0, 0.05) is 13.1 Å². The van der Waals surface area contributed by atoms with Gasteiger partial charge in [0.2, 0.25) is 10.0 Å². The molecule has 2 rings (SSSR count). The maximum Gasteiger partial charge on any atom is 0.233 e. The molecule has 0 fully saturated rings. The molecule has 0 unspecified atom stereocenters. The molecule has 2 aromatic rings. The smallest absolute Gasteiger partial charge is 0.233 e. The zero-order valence-electron chi connectivity index (χ0n) is 14.6. The fourth-order valence-corrected chi connectivity index (χ4v) is 3.26. The molecule has 1 aromatic carbocycles. The number of benzene rings is 1. The van der Waals surface area contributed by atoms with E-state index in [1.165, 1.54) is 0 Å². The van der Waals surface area contributed by atoms with E-state index in [0.29, 0.717) is 12.2 Å². The summed E-state index contributed by atoms with van der Waals surface area (Å²) in [6.07, 6.45) is 1.28. The number of sulfonamides is 1. The lowest BCUT2D eigenvalue weighted by atomic mass is 10.1.